The van der Waals surface area contributed by atoms with Gasteiger partial charge in [-0.05, 0) is 36.8 Å². The van der Waals surface area contributed by atoms with Crippen LogP contribution in [-0.4, -0.2) is 17.1 Å². The van der Waals surface area contributed by atoms with E-state index in [1.54, 1.807) is 19.1 Å². The van der Waals surface area contributed by atoms with Gasteiger partial charge in [-0.2, -0.15) is 0 Å². The van der Waals surface area contributed by atoms with E-state index in [1.807, 2.05) is 0 Å². The Bertz CT molecular complexity index is 690. The van der Waals surface area contributed by atoms with Gasteiger partial charge >= 0.3 is 5.88 Å². The second-order valence-corrected chi connectivity index (χ2v) is 4.10. The molecule has 0 saturated carbocycles. The molecule has 7 heteroatoms. The predicted octanol–water partition coefficient (Wildman–Crippen LogP) is 2.56. The van der Waals surface area contributed by atoms with Crippen LogP contribution in [0.25, 0.3) is 0 Å². The van der Waals surface area contributed by atoms with Crippen LogP contribution in [0.1, 0.15) is 26.5 Å². The minimum absolute atomic E-state index is 0.175. The Balaban J connectivity index is 2.20. The van der Waals surface area contributed by atoms with Crippen molar-refractivity contribution in [2.45, 2.75) is 6.92 Å². The first kappa shape index (κ1) is 13.5. The van der Waals surface area contributed by atoms with Crippen molar-refractivity contribution in [2.24, 2.45) is 0 Å². The van der Waals surface area contributed by atoms with E-state index in [-0.39, 0.29) is 5.76 Å². The molecule has 1 N–H and O–H groups in total. The first-order valence-corrected chi connectivity index (χ1v) is 5.62. The second-order valence-electron chi connectivity index (χ2n) is 4.10. The summed E-state index contributed by atoms with van der Waals surface area (Å²) < 4.78 is 4.79. The summed E-state index contributed by atoms with van der Waals surface area (Å²) in [5.74, 6) is -1.31. The van der Waals surface area contributed by atoms with E-state index < -0.39 is 16.7 Å². The van der Waals surface area contributed by atoms with Crippen LogP contribution < -0.4 is 5.32 Å². The number of amides is 1. The van der Waals surface area contributed by atoms with Crippen LogP contribution in [0.3, 0.4) is 0 Å². The number of nitrogens with zero attached hydrogens (tertiary/aromatic N) is 1. The number of furan rings is 1. The highest BCUT2D eigenvalue weighted by Crippen LogP contribution is 2.18. The van der Waals surface area contributed by atoms with E-state index in [0.29, 0.717) is 17.5 Å². The number of hydrogen-bond acceptors (Lipinski definition) is 5. The molecule has 0 saturated heterocycles. The fourth-order valence-corrected chi connectivity index (χ4v) is 1.69. The van der Waals surface area contributed by atoms with Crippen LogP contribution in [0, 0.1) is 17.0 Å². The van der Waals surface area contributed by atoms with Gasteiger partial charge in [0.15, 0.2) is 5.76 Å². The monoisotopic (exact) mass is 274 g/mol. The van der Waals surface area contributed by atoms with Crippen LogP contribution in [0.5, 0.6) is 0 Å². The van der Waals surface area contributed by atoms with Crippen molar-refractivity contribution in [1.82, 2.24) is 0 Å². The molecule has 1 aromatic heterocycles. The van der Waals surface area contributed by atoms with Crippen molar-refractivity contribution < 1.29 is 18.9 Å². The molecule has 2 rings (SSSR count). The Morgan fingerprint density at radius 1 is 1.35 bits per heavy atom. The number of anilines is 1. The lowest BCUT2D eigenvalue weighted by molar-refractivity contribution is -0.402. The van der Waals surface area contributed by atoms with E-state index in [2.05, 4.69) is 5.32 Å². The predicted molar refractivity (Wildman–Crippen MR) is 69.9 cm³/mol. The number of carbonyl (C=O) groups is 2. The third kappa shape index (κ3) is 2.89. The Morgan fingerprint density at radius 3 is 2.70 bits per heavy atom. The second kappa shape index (κ2) is 5.35. The third-order valence-corrected chi connectivity index (χ3v) is 2.49. The van der Waals surface area contributed by atoms with E-state index in [4.69, 9.17) is 4.42 Å². The third-order valence-electron chi connectivity index (χ3n) is 2.49. The van der Waals surface area contributed by atoms with Gasteiger partial charge in [-0.15, -0.1) is 0 Å². The van der Waals surface area contributed by atoms with Gasteiger partial charge in [-0.1, -0.05) is 0 Å². The molecule has 7 nitrogen and oxygen atoms in total. The molecule has 0 aliphatic rings. The minimum Gasteiger partial charge on any atom is -0.395 e. The Kier molecular flexibility index (Phi) is 3.60. The van der Waals surface area contributed by atoms with E-state index in [9.17, 15) is 19.7 Å². The maximum absolute atomic E-state index is 11.8. The molecule has 1 amide bonds. The molecule has 0 bridgehead atoms. The Hall–Kier alpha value is -2.96. The largest absolute Gasteiger partial charge is 0.433 e. The normalized spacial score (nSPS) is 10.1. The lowest BCUT2D eigenvalue weighted by Crippen LogP contribution is -2.11. The maximum Gasteiger partial charge on any atom is 0.433 e. The standard InChI is InChI=1S/C13H10N2O5/c1-8-4-9(7-16)6-10(5-8)14-13(17)11-2-3-12(20-11)15(18)19/h2-7H,1H3,(H,14,17). The summed E-state index contributed by atoms with van der Waals surface area (Å²) >= 11 is 0. The van der Waals surface area contributed by atoms with E-state index in [0.717, 1.165) is 11.6 Å². The molecule has 1 aromatic carbocycles. The molecule has 0 atom stereocenters. The summed E-state index contributed by atoms with van der Waals surface area (Å²) in [6.45, 7) is 1.78. The van der Waals surface area contributed by atoms with Crippen molar-refractivity contribution in [3.63, 3.8) is 0 Å². The summed E-state index contributed by atoms with van der Waals surface area (Å²) in [5.41, 5.74) is 1.64. The molecule has 0 spiro atoms. The molecule has 2 aromatic rings. The van der Waals surface area contributed by atoms with Crippen molar-refractivity contribution in [1.29, 1.82) is 0 Å². The summed E-state index contributed by atoms with van der Waals surface area (Å²) in [5, 5.41) is 13.0. The number of carbonyl (C=O) groups excluding carboxylic acids is 2. The van der Waals surface area contributed by atoms with Crippen molar-refractivity contribution in [3.05, 3.63) is 57.3 Å². The highest BCUT2D eigenvalue weighted by Gasteiger charge is 2.17. The fourth-order valence-electron chi connectivity index (χ4n) is 1.69. The number of nitrogens with one attached hydrogen (secondary N) is 1. The van der Waals surface area contributed by atoms with Gasteiger partial charge in [0, 0.05) is 11.3 Å². The summed E-state index contributed by atoms with van der Waals surface area (Å²) in [4.78, 5) is 32.3. The Morgan fingerprint density at radius 2 is 2.10 bits per heavy atom. The van der Waals surface area contributed by atoms with Gasteiger partial charge < -0.3 is 9.73 Å². The quantitative estimate of drug-likeness (QED) is 0.524. The first-order valence-electron chi connectivity index (χ1n) is 5.62. The molecule has 0 aliphatic heterocycles. The number of rotatable bonds is 4. The summed E-state index contributed by atoms with van der Waals surface area (Å²) in [6.07, 6.45) is 0.667. The number of nitro groups is 1. The lowest BCUT2D eigenvalue weighted by Gasteiger charge is -2.05. The van der Waals surface area contributed by atoms with Gasteiger partial charge in [0.05, 0.1) is 6.07 Å². The molecule has 0 aliphatic carbocycles. The molecule has 1 heterocycles. The number of aldehydes is 1. The highest BCUT2D eigenvalue weighted by atomic mass is 16.6. The molecule has 0 fully saturated rings. The smallest absolute Gasteiger partial charge is 0.395 e. The summed E-state index contributed by atoms with van der Waals surface area (Å²) in [7, 11) is 0. The van der Waals surface area contributed by atoms with Crippen LogP contribution in [0.15, 0.2) is 34.7 Å². The average molecular weight is 274 g/mol. The van der Waals surface area contributed by atoms with Crippen LogP contribution in [0.2, 0.25) is 0 Å². The van der Waals surface area contributed by atoms with Gasteiger partial charge in [0.25, 0.3) is 5.91 Å². The van der Waals surface area contributed by atoms with Crippen molar-refractivity contribution in [2.75, 3.05) is 5.32 Å². The molecular weight excluding hydrogens is 264 g/mol. The fraction of sp³-hybridized carbons (Fsp3) is 0.0769. The average Bonchev–Trinajstić information content (AvgIpc) is 2.87. The van der Waals surface area contributed by atoms with E-state index in [1.165, 1.54) is 12.1 Å². The van der Waals surface area contributed by atoms with Gasteiger partial charge in [0.1, 0.15) is 11.2 Å². The molecule has 20 heavy (non-hydrogen) atoms. The van der Waals surface area contributed by atoms with Gasteiger partial charge in [0.2, 0.25) is 0 Å². The topological polar surface area (TPSA) is 102 Å². The van der Waals surface area contributed by atoms with Crippen molar-refractivity contribution >= 4 is 23.8 Å². The highest BCUT2D eigenvalue weighted by molar-refractivity contribution is 6.02. The van der Waals surface area contributed by atoms with Crippen molar-refractivity contribution in [3.8, 4) is 0 Å². The number of benzene rings is 1. The van der Waals surface area contributed by atoms with Crippen LogP contribution in [0.4, 0.5) is 11.6 Å². The Labute approximate surface area is 113 Å². The van der Waals surface area contributed by atoms with Gasteiger partial charge in [-0.3, -0.25) is 19.7 Å². The zero-order valence-corrected chi connectivity index (χ0v) is 10.5. The van der Waals surface area contributed by atoms with Crippen LogP contribution >= 0.6 is 0 Å². The molecular formula is C13H10N2O5. The maximum atomic E-state index is 11.8. The molecule has 102 valence electrons. The SMILES string of the molecule is Cc1cc(C=O)cc(NC(=O)c2ccc([N+](=O)[O-])o2)c1. The van der Waals surface area contributed by atoms with E-state index >= 15 is 0 Å². The zero-order valence-electron chi connectivity index (χ0n) is 10.5. The number of aryl methyl sites for hydroxylation is 1. The molecule has 0 radical (unpaired) electrons. The summed E-state index contributed by atoms with van der Waals surface area (Å²) in [6, 6.07) is 7.14. The van der Waals surface area contributed by atoms with Gasteiger partial charge in [-0.25, -0.2) is 0 Å². The lowest BCUT2D eigenvalue weighted by atomic mass is 10.1. The van der Waals surface area contributed by atoms with Crippen LogP contribution in [-0.2, 0) is 0 Å². The minimum atomic E-state index is -0.728. The first-order chi connectivity index (χ1) is 9.49. The molecule has 0 unspecified atom stereocenters. The number of hydrogen-bond donors (Lipinski definition) is 1. The zero-order chi connectivity index (χ0) is 14.7.